The van der Waals surface area contributed by atoms with Crippen LogP contribution in [0.3, 0.4) is 0 Å². The van der Waals surface area contributed by atoms with Crippen molar-refractivity contribution in [3.8, 4) is 0 Å². The highest BCUT2D eigenvalue weighted by molar-refractivity contribution is 4.83. The monoisotopic (exact) mass is 169 g/mol. The summed E-state index contributed by atoms with van der Waals surface area (Å²) in [6.07, 6.45) is 5.69. The quantitative estimate of drug-likeness (QED) is 0.654. The SMILES string of the molecule is Cn1cnnc1CCCCCO. The summed E-state index contributed by atoms with van der Waals surface area (Å²) in [5, 5.41) is 16.3. The van der Waals surface area contributed by atoms with Crippen molar-refractivity contribution >= 4 is 0 Å². The summed E-state index contributed by atoms with van der Waals surface area (Å²) in [4.78, 5) is 0. The van der Waals surface area contributed by atoms with Gasteiger partial charge in [-0.05, 0) is 12.8 Å². The number of aryl methyl sites for hydroxylation is 2. The van der Waals surface area contributed by atoms with Gasteiger partial charge in [0.25, 0.3) is 0 Å². The number of hydrogen-bond acceptors (Lipinski definition) is 3. The Morgan fingerprint density at radius 2 is 2.25 bits per heavy atom. The van der Waals surface area contributed by atoms with E-state index < -0.39 is 0 Å². The highest BCUT2D eigenvalue weighted by Gasteiger charge is 1.98. The second-order valence-electron chi connectivity index (χ2n) is 2.89. The van der Waals surface area contributed by atoms with Crippen LogP contribution in [0.2, 0.25) is 0 Å². The number of aromatic nitrogens is 3. The minimum Gasteiger partial charge on any atom is -0.396 e. The number of hydrogen-bond donors (Lipinski definition) is 1. The van der Waals surface area contributed by atoms with Crippen LogP contribution in [0.4, 0.5) is 0 Å². The molecule has 1 aromatic heterocycles. The number of unbranched alkanes of at least 4 members (excludes halogenated alkanes) is 2. The van der Waals surface area contributed by atoms with Crippen molar-refractivity contribution in [2.45, 2.75) is 25.7 Å². The standard InChI is InChI=1S/C8H15N3O/c1-11-7-9-10-8(11)5-3-2-4-6-12/h7,12H,2-6H2,1H3. The van der Waals surface area contributed by atoms with E-state index in [-0.39, 0.29) is 0 Å². The van der Waals surface area contributed by atoms with Crippen molar-refractivity contribution < 1.29 is 5.11 Å². The first-order chi connectivity index (χ1) is 5.84. The summed E-state index contributed by atoms with van der Waals surface area (Å²) in [6, 6.07) is 0. The lowest BCUT2D eigenvalue weighted by atomic mass is 10.2. The average Bonchev–Trinajstić information content (AvgIpc) is 2.46. The average molecular weight is 169 g/mol. The Morgan fingerprint density at radius 3 is 2.83 bits per heavy atom. The molecule has 4 nitrogen and oxygen atoms in total. The van der Waals surface area contributed by atoms with Gasteiger partial charge >= 0.3 is 0 Å². The molecule has 1 rings (SSSR count). The molecule has 12 heavy (non-hydrogen) atoms. The molecule has 68 valence electrons. The van der Waals surface area contributed by atoms with Crippen LogP contribution in [0.25, 0.3) is 0 Å². The van der Waals surface area contributed by atoms with Gasteiger partial charge in [0.2, 0.25) is 0 Å². The predicted molar refractivity (Wildman–Crippen MR) is 45.6 cm³/mol. The summed E-state index contributed by atoms with van der Waals surface area (Å²) in [5.74, 6) is 1.02. The van der Waals surface area contributed by atoms with E-state index in [1.807, 2.05) is 11.6 Å². The second kappa shape index (κ2) is 4.87. The molecule has 1 aromatic rings. The first kappa shape index (κ1) is 9.19. The summed E-state index contributed by atoms with van der Waals surface area (Å²) in [5.41, 5.74) is 0. The van der Waals surface area contributed by atoms with Crippen LogP contribution in [0.5, 0.6) is 0 Å². The summed E-state index contributed by atoms with van der Waals surface area (Å²) < 4.78 is 1.93. The van der Waals surface area contributed by atoms with Crippen LogP contribution in [-0.2, 0) is 13.5 Å². The van der Waals surface area contributed by atoms with Crippen molar-refractivity contribution in [3.63, 3.8) is 0 Å². The molecule has 1 heterocycles. The molecule has 0 aliphatic rings. The maximum Gasteiger partial charge on any atom is 0.132 e. The maximum absolute atomic E-state index is 8.54. The maximum atomic E-state index is 8.54. The van der Waals surface area contributed by atoms with Crippen LogP contribution in [0.1, 0.15) is 25.1 Å². The largest absolute Gasteiger partial charge is 0.396 e. The van der Waals surface area contributed by atoms with E-state index >= 15 is 0 Å². The first-order valence-corrected chi connectivity index (χ1v) is 4.28. The zero-order valence-electron chi connectivity index (χ0n) is 7.40. The van der Waals surface area contributed by atoms with E-state index in [0.717, 1.165) is 31.5 Å². The van der Waals surface area contributed by atoms with Gasteiger partial charge in [-0.15, -0.1) is 10.2 Å². The number of nitrogens with zero attached hydrogens (tertiary/aromatic N) is 3. The molecule has 0 saturated heterocycles. The lowest BCUT2D eigenvalue weighted by Gasteiger charge is -1.98. The number of aliphatic hydroxyl groups excluding tert-OH is 1. The highest BCUT2D eigenvalue weighted by Crippen LogP contribution is 2.01. The number of aliphatic hydroxyl groups is 1. The van der Waals surface area contributed by atoms with Gasteiger partial charge in [-0.25, -0.2) is 0 Å². The van der Waals surface area contributed by atoms with Gasteiger partial charge in [0.05, 0.1) is 0 Å². The fourth-order valence-corrected chi connectivity index (χ4v) is 1.11. The highest BCUT2D eigenvalue weighted by atomic mass is 16.2. The molecule has 0 atom stereocenters. The van der Waals surface area contributed by atoms with Crippen LogP contribution in [0, 0.1) is 0 Å². The van der Waals surface area contributed by atoms with Crippen LogP contribution < -0.4 is 0 Å². The van der Waals surface area contributed by atoms with Gasteiger partial charge in [0.1, 0.15) is 12.2 Å². The molecule has 0 saturated carbocycles. The molecule has 0 aliphatic carbocycles. The van der Waals surface area contributed by atoms with E-state index in [9.17, 15) is 0 Å². The third-order valence-corrected chi connectivity index (χ3v) is 1.86. The Kier molecular flexibility index (Phi) is 3.73. The number of rotatable bonds is 5. The lowest BCUT2D eigenvalue weighted by Crippen LogP contribution is -1.97. The van der Waals surface area contributed by atoms with Crippen molar-refractivity contribution in [3.05, 3.63) is 12.2 Å². The Balaban J connectivity index is 2.20. The second-order valence-corrected chi connectivity index (χ2v) is 2.89. The van der Waals surface area contributed by atoms with Gasteiger partial charge in [-0.2, -0.15) is 0 Å². The molecule has 0 bridgehead atoms. The molecular formula is C8H15N3O. The first-order valence-electron chi connectivity index (χ1n) is 4.28. The molecule has 0 fully saturated rings. The smallest absolute Gasteiger partial charge is 0.132 e. The molecular weight excluding hydrogens is 154 g/mol. The summed E-state index contributed by atoms with van der Waals surface area (Å²) in [6.45, 7) is 0.290. The fraction of sp³-hybridized carbons (Fsp3) is 0.750. The molecule has 0 spiro atoms. The van der Waals surface area contributed by atoms with Gasteiger partial charge < -0.3 is 9.67 Å². The Bertz CT molecular complexity index is 222. The predicted octanol–water partition coefficient (Wildman–Crippen LogP) is 0.520. The molecule has 0 aromatic carbocycles. The summed E-state index contributed by atoms with van der Waals surface area (Å²) >= 11 is 0. The Labute approximate surface area is 72.2 Å². The van der Waals surface area contributed by atoms with Crippen molar-refractivity contribution in [1.82, 2.24) is 14.8 Å². The minimum atomic E-state index is 0.290. The third kappa shape index (κ3) is 2.62. The Morgan fingerprint density at radius 1 is 1.42 bits per heavy atom. The normalized spacial score (nSPS) is 10.5. The molecule has 1 N–H and O–H groups in total. The van der Waals surface area contributed by atoms with Gasteiger partial charge in [-0.3, -0.25) is 0 Å². The molecule has 4 heteroatoms. The van der Waals surface area contributed by atoms with Gasteiger partial charge in [-0.1, -0.05) is 6.42 Å². The van der Waals surface area contributed by atoms with Gasteiger partial charge in [0.15, 0.2) is 0 Å². The third-order valence-electron chi connectivity index (χ3n) is 1.86. The Hall–Kier alpha value is -0.900. The molecule has 0 radical (unpaired) electrons. The molecule has 0 amide bonds. The van der Waals surface area contributed by atoms with Crippen molar-refractivity contribution in [1.29, 1.82) is 0 Å². The van der Waals surface area contributed by atoms with E-state index in [4.69, 9.17) is 5.11 Å². The van der Waals surface area contributed by atoms with E-state index in [1.54, 1.807) is 6.33 Å². The van der Waals surface area contributed by atoms with E-state index in [2.05, 4.69) is 10.2 Å². The van der Waals surface area contributed by atoms with Gasteiger partial charge in [0, 0.05) is 20.1 Å². The summed E-state index contributed by atoms with van der Waals surface area (Å²) in [7, 11) is 1.95. The zero-order chi connectivity index (χ0) is 8.81. The van der Waals surface area contributed by atoms with E-state index in [1.165, 1.54) is 0 Å². The fourth-order valence-electron chi connectivity index (χ4n) is 1.11. The lowest BCUT2D eigenvalue weighted by molar-refractivity contribution is 0.283. The van der Waals surface area contributed by atoms with Crippen molar-refractivity contribution in [2.24, 2.45) is 7.05 Å². The van der Waals surface area contributed by atoms with Crippen LogP contribution in [0.15, 0.2) is 6.33 Å². The topological polar surface area (TPSA) is 50.9 Å². The zero-order valence-corrected chi connectivity index (χ0v) is 7.40. The van der Waals surface area contributed by atoms with Crippen molar-refractivity contribution in [2.75, 3.05) is 6.61 Å². The molecule has 0 unspecified atom stereocenters. The van der Waals surface area contributed by atoms with Crippen LogP contribution in [-0.4, -0.2) is 26.5 Å². The molecule has 0 aliphatic heterocycles. The van der Waals surface area contributed by atoms with Crippen LogP contribution >= 0.6 is 0 Å². The minimum absolute atomic E-state index is 0.290. The van der Waals surface area contributed by atoms with E-state index in [0.29, 0.717) is 6.61 Å².